The average molecular weight is 269 g/mol. The van der Waals surface area contributed by atoms with Gasteiger partial charge in [-0.1, -0.05) is 42.5 Å². The molecule has 0 amide bonds. The normalized spacial score (nSPS) is 15.4. The van der Waals surface area contributed by atoms with Crippen molar-refractivity contribution in [1.29, 1.82) is 0 Å². The molecule has 19 heavy (non-hydrogen) atoms. The first-order valence-electron chi connectivity index (χ1n) is 5.87. The third-order valence-electron chi connectivity index (χ3n) is 3.08. The van der Waals surface area contributed by atoms with Gasteiger partial charge in [0.15, 0.2) is 0 Å². The van der Waals surface area contributed by atoms with Crippen molar-refractivity contribution in [3.05, 3.63) is 48.0 Å². The van der Waals surface area contributed by atoms with Crippen LogP contribution in [-0.4, -0.2) is 17.3 Å². The Hall–Kier alpha value is -1.59. The number of rotatable bonds is 3. The van der Waals surface area contributed by atoms with Crippen LogP contribution in [0.3, 0.4) is 0 Å². The van der Waals surface area contributed by atoms with Crippen LogP contribution in [0, 0.1) is 0 Å². The number of halogens is 3. The van der Waals surface area contributed by atoms with Gasteiger partial charge in [-0.25, -0.2) is 0 Å². The molecule has 0 aliphatic carbocycles. The summed E-state index contributed by atoms with van der Waals surface area (Å²) in [4.78, 5) is 0. The van der Waals surface area contributed by atoms with Crippen LogP contribution < -0.4 is 5.73 Å². The molecule has 0 saturated carbocycles. The molecule has 0 saturated heterocycles. The molecule has 2 atom stereocenters. The Labute approximate surface area is 108 Å². The predicted octanol–water partition coefficient (Wildman–Crippen LogP) is 3.15. The molecule has 0 bridgehead atoms. The highest BCUT2D eigenvalue weighted by atomic mass is 19.4. The maximum atomic E-state index is 12.4. The summed E-state index contributed by atoms with van der Waals surface area (Å²) in [5, 5.41) is 11.6. The molecule has 0 fully saturated rings. The van der Waals surface area contributed by atoms with Gasteiger partial charge in [-0.15, -0.1) is 0 Å². The van der Waals surface area contributed by atoms with Crippen molar-refractivity contribution >= 4 is 10.8 Å². The molecule has 0 spiro atoms. The number of benzene rings is 2. The summed E-state index contributed by atoms with van der Waals surface area (Å²) in [5.74, 6) is 0. The largest absolute Gasteiger partial charge is 0.403 e. The highest BCUT2D eigenvalue weighted by molar-refractivity contribution is 5.85. The Morgan fingerprint density at radius 1 is 1.05 bits per heavy atom. The Morgan fingerprint density at radius 3 is 2.37 bits per heavy atom. The van der Waals surface area contributed by atoms with Crippen molar-refractivity contribution in [3.63, 3.8) is 0 Å². The van der Waals surface area contributed by atoms with Crippen molar-refractivity contribution in [3.8, 4) is 0 Å². The molecule has 0 radical (unpaired) electrons. The topological polar surface area (TPSA) is 46.2 Å². The van der Waals surface area contributed by atoms with Crippen LogP contribution >= 0.6 is 0 Å². The average Bonchev–Trinajstić information content (AvgIpc) is 2.36. The molecule has 2 aromatic carbocycles. The van der Waals surface area contributed by atoms with E-state index in [4.69, 9.17) is 5.73 Å². The van der Waals surface area contributed by atoms with Crippen LogP contribution in [0.1, 0.15) is 18.1 Å². The lowest BCUT2D eigenvalue weighted by atomic mass is 9.96. The number of fused-ring (bicyclic) bond motifs is 1. The van der Waals surface area contributed by atoms with Crippen LogP contribution in [0.5, 0.6) is 0 Å². The Kier molecular flexibility index (Phi) is 3.78. The van der Waals surface area contributed by atoms with E-state index in [0.29, 0.717) is 5.56 Å². The Morgan fingerprint density at radius 2 is 1.68 bits per heavy atom. The van der Waals surface area contributed by atoms with Gasteiger partial charge in [0.05, 0.1) is 6.10 Å². The zero-order valence-electron chi connectivity index (χ0n) is 10.1. The van der Waals surface area contributed by atoms with Gasteiger partial charge < -0.3 is 10.8 Å². The van der Waals surface area contributed by atoms with E-state index in [9.17, 15) is 18.3 Å². The van der Waals surface area contributed by atoms with E-state index in [1.165, 1.54) is 0 Å². The van der Waals surface area contributed by atoms with E-state index in [0.717, 1.165) is 10.8 Å². The van der Waals surface area contributed by atoms with Crippen molar-refractivity contribution in [2.75, 3.05) is 0 Å². The summed E-state index contributed by atoms with van der Waals surface area (Å²) < 4.78 is 37.2. The van der Waals surface area contributed by atoms with Crippen LogP contribution in [-0.2, 0) is 0 Å². The van der Waals surface area contributed by atoms with Gasteiger partial charge in [-0.05, 0) is 16.3 Å². The molecule has 5 heteroatoms. The summed E-state index contributed by atoms with van der Waals surface area (Å²) in [6.45, 7) is 0. The first-order chi connectivity index (χ1) is 8.89. The van der Waals surface area contributed by atoms with Crippen LogP contribution in [0.15, 0.2) is 42.5 Å². The van der Waals surface area contributed by atoms with E-state index in [-0.39, 0.29) is 0 Å². The molecular formula is C14H14F3NO. The fourth-order valence-electron chi connectivity index (χ4n) is 2.04. The monoisotopic (exact) mass is 269 g/mol. The molecule has 2 rings (SSSR count). The standard InChI is InChI=1S/C14H14F3NO/c15-14(16,17)13(18)8-12(19)11-7-3-5-9-4-1-2-6-10(9)11/h1-7,12-13,19H,8,18H2/t12-,13+/m0/s1. The molecule has 0 aliphatic heterocycles. The SMILES string of the molecule is N[C@H](C[C@H](O)c1cccc2ccccc12)C(F)(F)F. The number of aliphatic hydroxyl groups excluding tert-OH is 1. The second-order valence-corrected chi connectivity index (χ2v) is 4.47. The van der Waals surface area contributed by atoms with Gasteiger partial charge in [0.2, 0.25) is 0 Å². The van der Waals surface area contributed by atoms with Crippen molar-refractivity contribution in [2.24, 2.45) is 5.73 Å². The first kappa shape index (κ1) is 13.8. The fraction of sp³-hybridized carbons (Fsp3) is 0.286. The summed E-state index contributed by atoms with van der Waals surface area (Å²) in [6.07, 6.45) is -6.27. The van der Waals surface area contributed by atoms with Gasteiger partial charge in [0.25, 0.3) is 0 Å². The molecule has 0 heterocycles. The summed E-state index contributed by atoms with van der Waals surface area (Å²) in [6, 6.07) is 10.4. The van der Waals surface area contributed by atoms with E-state index in [1.807, 2.05) is 18.2 Å². The summed E-state index contributed by atoms with van der Waals surface area (Å²) >= 11 is 0. The van der Waals surface area contributed by atoms with Crippen molar-refractivity contribution in [1.82, 2.24) is 0 Å². The number of aliphatic hydroxyl groups is 1. The third kappa shape index (κ3) is 3.05. The lowest BCUT2D eigenvalue weighted by Gasteiger charge is -2.20. The molecule has 102 valence electrons. The molecule has 0 unspecified atom stereocenters. The van der Waals surface area contributed by atoms with Crippen molar-refractivity contribution in [2.45, 2.75) is 24.7 Å². The maximum Gasteiger partial charge on any atom is 0.403 e. The number of hydrogen-bond donors (Lipinski definition) is 2. The van der Waals surface area contributed by atoms with E-state index < -0.39 is 24.7 Å². The summed E-state index contributed by atoms with van der Waals surface area (Å²) in [7, 11) is 0. The Balaban J connectivity index is 2.29. The lowest BCUT2D eigenvalue weighted by Crippen LogP contribution is -2.38. The highest BCUT2D eigenvalue weighted by Crippen LogP contribution is 2.30. The quantitative estimate of drug-likeness (QED) is 0.899. The second-order valence-electron chi connectivity index (χ2n) is 4.47. The first-order valence-corrected chi connectivity index (χ1v) is 5.87. The number of alkyl halides is 3. The molecule has 2 nitrogen and oxygen atoms in total. The number of hydrogen-bond acceptors (Lipinski definition) is 2. The van der Waals surface area contributed by atoms with Gasteiger partial charge in [0.1, 0.15) is 6.04 Å². The Bertz CT molecular complexity index is 563. The molecular weight excluding hydrogens is 255 g/mol. The van der Waals surface area contributed by atoms with Gasteiger partial charge >= 0.3 is 6.18 Å². The van der Waals surface area contributed by atoms with Gasteiger partial charge in [-0.3, -0.25) is 0 Å². The molecule has 2 aromatic rings. The molecule has 0 aliphatic rings. The van der Waals surface area contributed by atoms with Crippen LogP contribution in [0.25, 0.3) is 10.8 Å². The minimum atomic E-state index is -4.49. The smallest absolute Gasteiger partial charge is 0.388 e. The van der Waals surface area contributed by atoms with Crippen LogP contribution in [0.2, 0.25) is 0 Å². The molecule has 3 N–H and O–H groups in total. The second kappa shape index (κ2) is 5.19. The van der Waals surface area contributed by atoms with Crippen LogP contribution in [0.4, 0.5) is 13.2 Å². The third-order valence-corrected chi connectivity index (χ3v) is 3.08. The number of nitrogens with two attached hydrogens (primary N) is 1. The maximum absolute atomic E-state index is 12.4. The van der Waals surface area contributed by atoms with Gasteiger partial charge in [-0.2, -0.15) is 13.2 Å². The highest BCUT2D eigenvalue weighted by Gasteiger charge is 2.38. The minimum absolute atomic E-state index is 0.470. The zero-order chi connectivity index (χ0) is 14.0. The predicted molar refractivity (Wildman–Crippen MR) is 67.6 cm³/mol. The zero-order valence-corrected chi connectivity index (χ0v) is 10.1. The van der Waals surface area contributed by atoms with Crippen molar-refractivity contribution < 1.29 is 18.3 Å². The fourth-order valence-corrected chi connectivity index (χ4v) is 2.04. The molecule has 0 aromatic heterocycles. The van der Waals surface area contributed by atoms with Gasteiger partial charge in [0, 0.05) is 6.42 Å². The van der Waals surface area contributed by atoms with E-state index in [1.54, 1.807) is 24.3 Å². The minimum Gasteiger partial charge on any atom is -0.388 e. The van der Waals surface area contributed by atoms with E-state index in [2.05, 4.69) is 0 Å². The lowest BCUT2D eigenvalue weighted by molar-refractivity contribution is -0.153. The van der Waals surface area contributed by atoms with E-state index >= 15 is 0 Å². The summed E-state index contributed by atoms with van der Waals surface area (Å²) in [5.41, 5.74) is 5.52.